The standard InChI is InChI=1S/C22H24N2O7/c1-13(25)17(23-19(26)15-9-5-3-6-10-15)22(30)31-14(2)18(21(28)29)24-20(27)16-11-7-4-8-12-16/h3-14,17-18,25H,1-2H3,(H,23,26)(H,24,27)(H,28,29). The van der Waals surface area contributed by atoms with Crippen LogP contribution in [-0.2, 0) is 14.3 Å². The number of ether oxygens (including phenoxy) is 1. The van der Waals surface area contributed by atoms with Crippen LogP contribution >= 0.6 is 0 Å². The molecule has 2 rings (SSSR count). The van der Waals surface area contributed by atoms with E-state index < -0.39 is 48.0 Å². The summed E-state index contributed by atoms with van der Waals surface area (Å²) in [7, 11) is 0. The van der Waals surface area contributed by atoms with Crippen molar-refractivity contribution in [1.29, 1.82) is 0 Å². The summed E-state index contributed by atoms with van der Waals surface area (Å²) in [4.78, 5) is 48.8. The van der Waals surface area contributed by atoms with Gasteiger partial charge in [-0.25, -0.2) is 9.59 Å². The van der Waals surface area contributed by atoms with Crippen molar-refractivity contribution in [3.05, 3.63) is 71.8 Å². The third-order valence-electron chi connectivity index (χ3n) is 4.42. The number of hydrogen-bond donors (Lipinski definition) is 4. The normalized spacial score (nSPS) is 14.4. The number of aliphatic carboxylic acids is 1. The second kappa shape index (κ2) is 10.9. The van der Waals surface area contributed by atoms with Crippen LogP contribution < -0.4 is 10.6 Å². The Labute approximate surface area is 179 Å². The summed E-state index contributed by atoms with van der Waals surface area (Å²) in [5.74, 6) is -3.71. The Hall–Kier alpha value is -3.72. The first-order valence-corrected chi connectivity index (χ1v) is 9.54. The number of carboxylic acid groups (broad SMARTS) is 1. The number of nitrogens with one attached hydrogen (secondary N) is 2. The number of benzene rings is 2. The Balaban J connectivity index is 2.07. The molecule has 0 saturated carbocycles. The molecule has 0 aliphatic heterocycles. The zero-order valence-electron chi connectivity index (χ0n) is 17.0. The van der Waals surface area contributed by atoms with Gasteiger partial charge in [0.1, 0.15) is 6.10 Å². The van der Waals surface area contributed by atoms with Crippen LogP contribution in [-0.4, -0.2) is 58.3 Å². The Kier molecular flexibility index (Phi) is 8.27. The number of rotatable bonds is 9. The van der Waals surface area contributed by atoms with Crippen LogP contribution in [0, 0.1) is 0 Å². The van der Waals surface area contributed by atoms with Crippen molar-refractivity contribution in [2.45, 2.75) is 38.1 Å². The zero-order chi connectivity index (χ0) is 23.0. The SMILES string of the molecule is CC(O)C(NC(=O)c1ccccc1)C(=O)OC(C)C(NC(=O)c1ccccc1)C(=O)O. The van der Waals surface area contributed by atoms with Crippen molar-refractivity contribution < 1.29 is 34.1 Å². The zero-order valence-corrected chi connectivity index (χ0v) is 17.0. The first-order valence-electron chi connectivity index (χ1n) is 9.54. The van der Waals surface area contributed by atoms with E-state index in [4.69, 9.17) is 4.74 Å². The molecule has 4 atom stereocenters. The molecule has 4 N–H and O–H groups in total. The number of amides is 2. The van der Waals surface area contributed by atoms with Crippen molar-refractivity contribution in [2.75, 3.05) is 0 Å². The molecule has 9 heteroatoms. The lowest BCUT2D eigenvalue weighted by atomic mass is 10.1. The first kappa shape index (κ1) is 23.6. The Morgan fingerprint density at radius 3 is 1.58 bits per heavy atom. The van der Waals surface area contributed by atoms with Crippen LogP contribution in [0.25, 0.3) is 0 Å². The fraction of sp³-hybridized carbons (Fsp3) is 0.273. The highest BCUT2D eigenvalue weighted by Crippen LogP contribution is 2.08. The molecule has 0 bridgehead atoms. The van der Waals surface area contributed by atoms with Gasteiger partial charge in [0.2, 0.25) is 0 Å². The number of carboxylic acids is 1. The van der Waals surface area contributed by atoms with E-state index in [1.54, 1.807) is 36.4 Å². The topological polar surface area (TPSA) is 142 Å². The minimum absolute atomic E-state index is 0.240. The highest BCUT2D eigenvalue weighted by atomic mass is 16.5. The summed E-state index contributed by atoms with van der Waals surface area (Å²) in [5, 5.41) is 24.1. The van der Waals surface area contributed by atoms with Gasteiger partial charge in [-0.2, -0.15) is 0 Å². The molecule has 2 aromatic rings. The second-order valence-electron chi connectivity index (χ2n) is 6.86. The van der Waals surface area contributed by atoms with E-state index in [0.29, 0.717) is 0 Å². The number of carbonyl (C=O) groups excluding carboxylic acids is 3. The first-order chi connectivity index (χ1) is 14.7. The van der Waals surface area contributed by atoms with E-state index in [9.17, 15) is 29.4 Å². The third kappa shape index (κ3) is 6.65. The van der Waals surface area contributed by atoms with Crippen LogP contribution in [0.4, 0.5) is 0 Å². The second-order valence-corrected chi connectivity index (χ2v) is 6.86. The van der Waals surface area contributed by atoms with Crippen molar-refractivity contribution in [3.8, 4) is 0 Å². The van der Waals surface area contributed by atoms with Gasteiger partial charge in [0, 0.05) is 11.1 Å². The molecule has 0 heterocycles. The van der Waals surface area contributed by atoms with Gasteiger partial charge in [0.15, 0.2) is 12.1 Å². The molecule has 0 radical (unpaired) electrons. The Morgan fingerprint density at radius 1 is 0.774 bits per heavy atom. The predicted octanol–water partition coefficient (Wildman–Crippen LogP) is 0.981. The molecule has 2 amide bonds. The van der Waals surface area contributed by atoms with Crippen LogP contribution in [0.15, 0.2) is 60.7 Å². The summed E-state index contributed by atoms with van der Waals surface area (Å²) < 4.78 is 5.16. The van der Waals surface area contributed by atoms with Crippen molar-refractivity contribution in [2.24, 2.45) is 0 Å². The molecule has 31 heavy (non-hydrogen) atoms. The lowest BCUT2D eigenvalue weighted by Gasteiger charge is -2.25. The maximum Gasteiger partial charge on any atom is 0.331 e. The molecular formula is C22H24N2O7. The fourth-order valence-corrected chi connectivity index (χ4v) is 2.71. The quantitative estimate of drug-likeness (QED) is 0.436. The number of carbonyl (C=O) groups is 4. The summed E-state index contributed by atoms with van der Waals surface area (Å²) in [6.07, 6.45) is -2.60. The molecule has 164 valence electrons. The molecule has 0 spiro atoms. The maximum absolute atomic E-state index is 12.5. The number of aliphatic hydroxyl groups excluding tert-OH is 1. The highest BCUT2D eigenvalue weighted by Gasteiger charge is 2.34. The van der Waals surface area contributed by atoms with Gasteiger partial charge < -0.3 is 25.6 Å². The van der Waals surface area contributed by atoms with Crippen molar-refractivity contribution >= 4 is 23.8 Å². The molecule has 0 aliphatic carbocycles. The largest absolute Gasteiger partial charge is 0.480 e. The molecule has 2 aromatic carbocycles. The van der Waals surface area contributed by atoms with Crippen LogP contribution in [0.2, 0.25) is 0 Å². The average Bonchev–Trinajstić information content (AvgIpc) is 2.75. The van der Waals surface area contributed by atoms with E-state index in [0.717, 1.165) is 0 Å². The minimum Gasteiger partial charge on any atom is -0.480 e. The Bertz CT molecular complexity index is 916. The lowest BCUT2D eigenvalue weighted by molar-refractivity contribution is -0.158. The number of aliphatic hydroxyl groups is 1. The van der Waals surface area contributed by atoms with Gasteiger partial charge in [-0.1, -0.05) is 36.4 Å². The van der Waals surface area contributed by atoms with Crippen molar-refractivity contribution in [3.63, 3.8) is 0 Å². The van der Waals surface area contributed by atoms with Gasteiger partial charge in [0.05, 0.1) is 6.10 Å². The summed E-state index contributed by atoms with van der Waals surface area (Å²) >= 11 is 0. The molecule has 0 fully saturated rings. The number of esters is 1. The van der Waals surface area contributed by atoms with E-state index >= 15 is 0 Å². The van der Waals surface area contributed by atoms with E-state index in [1.807, 2.05) is 0 Å². The maximum atomic E-state index is 12.5. The van der Waals surface area contributed by atoms with Gasteiger partial charge in [-0.05, 0) is 38.1 Å². The average molecular weight is 428 g/mol. The Morgan fingerprint density at radius 2 is 1.19 bits per heavy atom. The molecule has 0 aliphatic rings. The summed E-state index contributed by atoms with van der Waals surface area (Å²) in [6, 6.07) is 13.0. The molecule has 0 saturated heterocycles. The summed E-state index contributed by atoms with van der Waals surface area (Å²) in [5.41, 5.74) is 0.511. The van der Waals surface area contributed by atoms with Crippen LogP contribution in [0.1, 0.15) is 34.6 Å². The van der Waals surface area contributed by atoms with Crippen LogP contribution in [0.5, 0.6) is 0 Å². The highest BCUT2D eigenvalue weighted by molar-refractivity contribution is 5.97. The van der Waals surface area contributed by atoms with Gasteiger partial charge >= 0.3 is 11.9 Å². The van der Waals surface area contributed by atoms with E-state index in [2.05, 4.69) is 10.6 Å². The number of hydrogen-bond acceptors (Lipinski definition) is 6. The van der Waals surface area contributed by atoms with E-state index in [-0.39, 0.29) is 11.1 Å². The summed E-state index contributed by atoms with van der Waals surface area (Å²) in [6.45, 7) is 2.58. The van der Waals surface area contributed by atoms with Gasteiger partial charge in [-0.3, -0.25) is 9.59 Å². The monoisotopic (exact) mass is 428 g/mol. The van der Waals surface area contributed by atoms with Gasteiger partial charge in [-0.15, -0.1) is 0 Å². The molecule has 9 nitrogen and oxygen atoms in total. The molecular weight excluding hydrogens is 404 g/mol. The molecule has 4 unspecified atom stereocenters. The molecule has 0 aromatic heterocycles. The predicted molar refractivity (Wildman–Crippen MR) is 110 cm³/mol. The smallest absolute Gasteiger partial charge is 0.331 e. The minimum atomic E-state index is -1.55. The van der Waals surface area contributed by atoms with Crippen LogP contribution in [0.3, 0.4) is 0 Å². The van der Waals surface area contributed by atoms with Crippen molar-refractivity contribution in [1.82, 2.24) is 10.6 Å². The van der Waals surface area contributed by atoms with Gasteiger partial charge in [0.25, 0.3) is 11.8 Å². The lowest BCUT2D eigenvalue weighted by Crippen LogP contribution is -2.53. The fourth-order valence-electron chi connectivity index (χ4n) is 2.71. The van der Waals surface area contributed by atoms with E-state index in [1.165, 1.54) is 38.1 Å². The third-order valence-corrected chi connectivity index (χ3v) is 4.42.